The number of anilines is 1. The van der Waals surface area contributed by atoms with Crippen molar-refractivity contribution in [2.45, 2.75) is 19.4 Å². The van der Waals surface area contributed by atoms with E-state index >= 15 is 0 Å². The fraction of sp³-hybridized carbons (Fsp3) is 0.364. The maximum atomic E-state index is 12.9. The maximum absolute atomic E-state index is 12.9. The van der Waals surface area contributed by atoms with E-state index in [0.29, 0.717) is 29.4 Å². The molecule has 0 aliphatic rings. The molecule has 30 heavy (non-hydrogen) atoms. The van der Waals surface area contributed by atoms with Crippen LogP contribution < -0.4 is 24.8 Å². The summed E-state index contributed by atoms with van der Waals surface area (Å²) in [5, 5.41) is 5.65. The molecule has 0 aromatic heterocycles. The number of carbonyl (C=O) groups is 2. The van der Waals surface area contributed by atoms with Crippen molar-refractivity contribution in [2.24, 2.45) is 0 Å². The van der Waals surface area contributed by atoms with Gasteiger partial charge in [0.25, 0.3) is 5.91 Å². The zero-order chi connectivity index (χ0) is 21.9. The van der Waals surface area contributed by atoms with Gasteiger partial charge in [0.15, 0.2) is 18.1 Å². The summed E-state index contributed by atoms with van der Waals surface area (Å²) in [6.07, 6.45) is 2.45. The second-order valence-corrected chi connectivity index (χ2v) is 7.50. The third-order valence-corrected chi connectivity index (χ3v) is 5.01. The Morgan fingerprint density at radius 2 is 1.73 bits per heavy atom. The van der Waals surface area contributed by atoms with Gasteiger partial charge < -0.3 is 24.8 Å². The van der Waals surface area contributed by atoms with Crippen molar-refractivity contribution in [1.29, 1.82) is 0 Å². The molecule has 162 valence electrons. The fourth-order valence-corrected chi connectivity index (χ4v) is 3.21. The molecular formula is C22H28N2O5S. The van der Waals surface area contributed by atoms with Crippen LogP contribution in [0.5, 0.6) is 17.2 Å². The van der Waals surface area contributed by atoms with Gasteiger partial charge in [0, 0.05) is 11.8 Å². The van der Waals surface area contributed by atoms with Gasteiger partial charge in [-0.25, -0.2) is 0 Å². The first-order valence-electron chi connectivity index (χ1n) is 9.48. The van der Waals surface area contributed by atoms with Crippen molar-refractivity contribution in [2.75, 3.05) is 38.2 Å². The fourth-order valence-electron chi connectivity index (χ4n) is 2.74. The van der Waals surface area contributed by atoms with E-state index in [9.17, 15) is 9.59 Å². The monoisotopic (exact) mass is 432 g/mol. The second kappa shape index (κ2) is 12.0. The molecule has 2 aromatic rings. The van der Waals surface area contributed by atoms with Crippen LogP contribution in [0.4, 0.5) is 5.69 Å². The van der Waals surface area contributed by atoms with E-state index in [2.05, 4.69) is 10.6 Å². The number of aryl methyl sites for hydroxylation is 1. The first kappa shape index (κ1) is 23.4. The summed E-state index contributed by atoms with van der Waals surface area (Å²) in [5.41, 5.74) is 1.42. The van der Waals surface area contributed by atoms with E-state index in [1.165, 1.54) is 7.11 Å². The Morgan fingerprint density at radius 1 is 1.07 bits per heavy atom. The van der Waals surface area contributed by atoms with Crippen LogP contribution in [0.25, 0.3) is 0 Å². The highest BCUT2D eigenvalue weighted by Crippen LogP contribution is 2.33. The number of amides is 2. The van der Waals surface area contributed by atoms with E-state index < -0.39 is 6.04 Å². The number of ether oxygens (including phenoxy) is 3. The quantitative estimate of drug-likeness (QED) is 0.567. The Hall–Kier alpha value is -2.87. The summed E-state index contributed by atoms with van der Waals surface area (Å²) in [6.45, 7) is 1.70. The molecule has 8 heteroatoms. The van der Waals surface area contributed by atoms with E-state index in [0.717, 1.165) is 11.3 Å². The molecule has 2 N–H and O–H groups in total. The van der Waals surface area contributed by atoms with Crippen LogP contribution in [-0.4, -0.2) is 50.7 Å². The molecule has 0 fully saturated rings. The molecule has 2 rings (SSSR count). The topological polar surface area (TPSA) is 85.9 Å². The molecule has 1 atom stereocenters. The van der Waals surface area contributed by atoms with Crippen LogP contribution in [0.15, 0.2) is 42.5 Å². The minimum atomic E-state index is -0.684. The summed E-state index contributed by atoms with van der Waals surface area (Å²) in [4.78, 5) is 25.2. The molecule has 0 saturated carbocycles. The highest BCUT2D eigenvalue weighted by atomic mass is 32.2. The largest absolute Gasteiger partial charge is 0.493 e. The number of methoxy groups -OCH3 is 2. The molecule has 0 saturated heterocycles. The van der Waals surface area contributed by atoms with Crippen LogP contribution in [0, 0.1) is 6.92 Å². The summed E-state index contributed by atoms with van der Waals surface area (Å²) >= 11 is 1.61. The second-order valence-electron chi connectivity index (χ2n) is 6.51. The van der Waals surface area contributed by atoms with Gasteiger partial charge in [-0.3, -0.25) is 9.59 Å². The van der Waals surface area contributed by atoms with E-state index in [1.54, 1.807) is 43.1 Å². The van der Waals surface area contributed by atoms with Gasteiger partial charge in [0.1, 0.15) is 11.8 Å². The number of carbonyl (C=O) groups excluding carboxylic acids is 2. The van der Waals surface area contributed by atoms with Crippen molar-refractivity contribution in [3.8, 4) is 17.2 Å². The first-order valence-corrected chi connectivity index (χ1v) is 10.9. The molecule has 7 nitrogen and oxygen atoms in total. The van der Waals surface area contributed by atoms with Crippen LogP contribution in [0.3, 0.4) is 0 Å². The van der Waals surface area contributed by atoms with Crippen LogP contribution >= 0.6 is 11.8 Å². The van der Waals surface area contributed by atoms with Crippen LogP contribution in [-0.2, 0) is 9.59 Å². The molecular weight excluding hydrogens is 404 g/mol. The van der Waals surface area contributed by atoms with Gasteiger partial charge in [0.2, 0.25) is 5.91 Å². The lowest BCUT2D eigenvalue weighted by molar-refractivity contribution is -0.127. The van der Waals surface area contributed by atoms with Crippen molar-refractivity contribution in [1.82, 2.24) is 5.32 Å². The number of thioether (sulfide) groups is 1. The van der Waals surface area contributed by atoms with Gasteiger partial charge in [-0.2, -0.15) is 11.8 Å². The molecule has 0 aliphatic heterocycles. The third kappa shape index (κ3) is 6.88. The molecule has 2 amide bonds. The zero-order valence-corrected chi connectivity index (χ0v) is 18.5. The molecule has 0 spiro atoms. The summed E-state index contributed by atoms with van der Waals surface area (Å²) in [5.74, 6) is 1.76. The summed E-state index contributed by atoms with van der Waals surface area (Å²) < 4.78 is 16.1. The van der Waals surface area contributed by atoms with Crippen molar-refractivity contribution in [3.63, 3.8) is 0 Å². The molecule has 0 aliphatic carbocycles. The average molecular weight is 433 g/mol. The Bertz CT molecular complexity index is 845. The molecule has 0 bridgehead atoms. The van der Waals surface area contributed by atoms with Gasteiger partial charge in [-0.15, -0.1) is 0 Å². The number of hydrogen-bond donors (Lipinski definition) is 2. The summed E-state index contributed by atoms with van der Waals surface area (Å²) in [6, 6.07) is 11.9. The molecule has 0 radical (unpaired) electrons. The summed E-state index contributed by atoms with van der Waals surface area (Å²) in [7, 11) is 3.09. The minimum absolute atomic E-state index is 0.164. The number of nitrogens with one attached hydrogen (secondary N) is 2. The van der Waals surface area contributed by atoms with Gasteiger partial charge in [-0.05, 0) is 49.1 Å². The van der Waals surface area contributed by atoms with Crippen molar-refractivity contribution >= 4 is 29.3 Å². The van der Waals surface area contributed by atoms with Crippen molar-refractivity contribution < 1.29 is 23.8 Å². The SMILES string of the molecule is COc1cc(C)c(NC(=O)C(CCSC)NC(=O)COc2ccccc2)cc1OC. The zero-order valence-electron chi connectivity index (χ0n) is 17.7. The number of para-hydroxylation sites is 1. The molecule has 2 aromatic carbocycles. The lowest BCUT2D eigenvalue weighted by atomic mass is 10.1. The van der Waals surface area contributed by atoms with E-state index in [1.807, 2.05) is 31.4 Å². The first-order chi connectivity index (χ1) is 14.5. The third-order valence-electron chi connectivity index (χ3n) is 4.36. The van der Waals surface area contributed by atoms with Crippen LogP contribution in [0.1, 0.15) is 12.0 Å². The molecule has 0 heterocycles. The van der Waals surface area contributed by atoms with E-state index in [-0.39, 0.29) is 18.4 Å². The van der Waals surface area contributed by atoms with E-state index in [4.69, 9.17) is 14.2 Å². The van der Waals surface area contributed by atoms with Gasteiger partial charge >= 0.3 is 0 Å². The Balaban J connectivity index is 2.04. The highest BCUT2D eigenvalue weighted by molar-refractivity contribution is 7.98. The highest BCUT2D eigenvalue weighted by Gasteiger charge is 2.22. The predicted octanol–water partition coefficient (Wildman–Crippen LogP) is 3.27. The lowest BCUT2D eigenvalue weighted by Gasteiger charge is -2.20. The predicted molar refractivity (Wildman–Crippen MR) is 120 cm³/mol. The standard InChI is InChI=1S/C22H28N2O5S/c1-15-12-19(27-2)20(28-3)13-18(15)24-22(26)17(10-11-30-4)23-21(25)14-29-16-8-6-5-7-9-16/h5-9,12-13,17H,10-11,14H2,1-4H3,(H,23,25)(H,24,26). The smallest absolute Gasteiger partial charge is 0.258 e. The van der Waals surface area contributed by atoms with Gasteiger partial charge in [-0.1, -0.05) is 18.2 Å². The number of rotatable bonds is 11. The molecule has 1 unspecified atom stereocenters. The minimum Gasteiger partial charge on any atom is -0.493 e. The van der Waals surface area contributed by atoms with Crippen molar-refractivity contribution in [3.05, 3.63) is 48.0 Å². The normalized spacial score (nSPS) is 11.3. The Kier molecular flexibility index (Phi) is 9.34. The lowest BCUT2D eigenvalue weighted by Crippen LogP contribution is -2.46. The Morgan fingerprint density at radius 3 is 2.37 bits per heavy atom. The number of benzene rings is 2. The van der Waals surface area contributed by atoms with Gasteiger partial charge in [0.05, 0.1) is 14.2 Å². The number of hydrogen-bond acceptors (Lipinski definition) is 6. The Labute approximate surface area is 181 Å². The maximum Gasteiger partial charge on any atom is 0.258 e. The van der Waals surface area contributed by atoms with Crippen LogP contribution in [0.2, 0.25) is 0 Å². The average Bonchev–Trinajstić information content (AvgIpc) is 2.76.